The Morgan fingerprint density at radius 1 is 1.22 bits per heavy atom. The Morgan fingerprint density at radius 2 is 2.00 bits per heavy atom. The van der Waals surface area contributed by atoms with Gasteiger partial charge in [-0.05, 0) is 38.1 Å². The van der Waals surface area contributed by atoms with E-state index in [-0.39, 0.29) is 10.6 Å². The van der Waals surface area contributed by atoms with Crippen molar-refractivity contribution in [2.45, 2.75) is 18.7 Å². The van der Waals surface area contributed by atoms with Crippen LogP contribution in [0.2, 0.25) is 0 Å². The van der Waals surface area contributed by atoms with Gasteiger partial charge in [0.05, 0.1) is 16.3 Å². The average molecular weight is 352 g/mol. The highest BCUT2D eigenvalue weighted by Crippen LogP contribution is 2.34. The molecule has 0 saturated heterocycles. The van der Waals surface area contributed by atoms with Crippen molar-refractivity contribution in [1.82, 2.24) is 5.16 Å². The van der Waals surface area contributed by atoms with Gasteiger partial charge >= 0.3 is 0 Å². The van der Waals surface area contributed by atoms with E-state index in [0.717, 1.165) is 6.07 Å². The standard InChI is InChI=1S/C15H13FN2O3S2/c1-9-6-13(21-17-9)14-8-15(10(2)22-14)23(19,20)18-12-5-3-4-11(16)7-12/h3-8,18H,1-2H3. The van der Waals surface area contributed by atoms with Crippen LogP contribution < -0.4 is 4.72 Å². The van der Waals surface area contributed by atoms with E-state index in [9.17, 15) is 12.8 Å². The summed E-state index contributed by atoms with van der Waals surface area (Å²) in [5.41, 5.74) is 0.890. The third-order valence-electron chi connectivity index (χ3n) is 3.11. The summed E-state index contributed by atoms with van der Waals surface area (Å²) >= 11 is 1.29. The highest BCUT2D eigenvalue weighted by atomic mass is 32.2. The van der Waals surface area contributed by atoms with Crippen molar-refractivity contribution in [3.63, 3.8) is 0 Å². The molecule has 0 unspecified atom stereocenters. The number of sulfonamides is 1. The Hall–Kier alpha value is -2.19. The summed E-state index contributed by atoms with van der Waals surface area (Å²) < 4.78 is 45.8. The second kappa shape index (κ2) is 5.78. The number of thiophene rings is 1. The fraction of sp³-hybridized carbons (Fsp3) is 0.133. The van der Waals surface area contributed by atoms with Crippen molar-refractivity contribution in [2.24, 2.45) is 0 Å². The first-order valence-corrected chi connectivity index (χ1v) is 8.97. The van der Waals surface area contributed by atoms with Gasteiger partial charge in [-0.1, -0.05) is 11.2 Å². The van der Waals surface area contributed by atoms with Crippen molar-refractivity contribution < 1.29 is 17.3 Å². The van der Waals surface area contributed by atoms with Crippen molar-refractivity contribution in [3.8, 4) is 10.6 Å². The quantitative estimate of drug-likeness (QED) is 0.771. The molecule has 5 nitrogen and oxygen atoms in total. The first kappa shape index (κ1) is 15.7. The van der Waals surface area contributed by atoms with Crippen LogP contribution in [0.4, 0.5) is 10.1 Å². The summed E-state index contributed by atoms with van der Waals surface area (Å²) in [6.07, 6.45) is 0. The molecule has 1 aromatic carbocycles. The van der Waals surface area contributed by atoms with Gasteiger partial charge in [0.1, 0.15) is 10.7 Å². The minimum Gasteiger partial charge on any atom is -0.355 e. The fourth-order valence-corrected chi connectivity index (χ4v) is 4.69. The third-order valence-corrected chi connectivity index (χ3v) is 5.81. The van der Waals surface area contributed by atoms with E-state index in [1.165, 1.54) is 35.6 Å². The number of nitrogens with one attached hydrogen (secondary N) is 1. The first-order valence-electron chi connectivity index (χ1n) is 6.68. The number of anilines is 1. The van der Waals surface area contributed by atoms with Crippen LogP contribution in [-0.2, 0) is 10.0 Å². The molecule has 0 fully saturated rings. The first-order chi connectivity index (χ1) is 10.8. The maximum atomic E-state index is 13.2. The smallest absolute Gasteiger partial charge is 0.263 e. The number of rotatable bonds is 4. The van der Waals surface area contributed by atoms with Crippen LogP contribution in [-0.4, -0.2) is 13.6 Å². The fourth-order valence-electron chi connectivity index (χ4n) is 2.10. The molecular formula is C15H13FN2O3S2. The maximum Gasteiger partial charge on any atom is 0.263 e. The molecule has 0 saturated carbocycles. The van der Waals surface area contributed by atoms with E-state index < -0.39 is 15.8 Å². The van der Waals surface area contributed by atoms with Crippen LogP contribution in [0.5, 0.6) is 0 Å². The lowest BCUT2D eigenvalue weighted by molar-refractivity contribution is 0.428. The SMILES string of the molecule is Cc1cc(-c2cc(S(=O)(=O)Nc3cccc(F)c3)c(C)s2)on1. The minimum absolute atomic E-state index is 0.135. The number of hydrogen-bond donors (Lipinski definition) is 1. The Kier molecular flexibility index (Phi) is 3.95. The molecule has 0 aliphatic carbocycles. The molecule has 0 bridgehead atoms. The van der Waals surface area contributed by atoms with E-state index in [2.05, 4.69) is 9.88 Å². The number of nitrogens with zero attached hydrogens (tertiary/aromatic N) is 1. The van der Waals surface area contributed by atoms with Crippen LogP contribution in [0.15, 0.2) is 45.8 Å². The van der Waals surface area contributed by atoms with Gasteiger partial charge < -0.3 is 4.52 Å². The average Bonchev–Trinajstić information content (AvgIpc) is 3.04. The Balaban J connectivity index is 1.95. The highest BCUT2D eigenvalue weighted by Gasteiger charge is 2.22. The zero-order chi connectivity index (χ0) is 16.6. The van der Waals surface area contributed by atoms with Crippen molar-refractivity contribution >= 4 is 27.0 Å². The lowest BCUT2D eigenvalue weighted by Crippen LogP contribution is -2.13. The maximum absolute atomic E-state index is 13.2. The number of halogens is 1. The summed E-state index contributed by atoms with van der Waals surface area (Å²) in [7, 11) is -3.81. The summed E-state index contributed by atoms with van der Waals surface area (Å²) in [6, 6.07) is 8.57. The van der Waals surface area contributed by atoms with E-state index >= 15 is 0 Å². The Morgan fingerprint density at radius 3 is 2.65 bits per heavy atom. The molecule has 0 spiro atoms. The summed E-state index contributed by atoms with van der Waals surface area (Å²) in [5.74, 6) is 0.00729. The molecule has 0 aliphatic heterocycles. The normalized spacial score (nSPS) is 11.6. The number of hydrogen-bond acceptors (Lipinski definition) is 5. The predicted octanol–water partition coefficient (Wildman–Crippen LogP) is 3.96. The molecular weight excluding hydrogens is 339 g/mol. The molecule has 23 heavy (non-hydrogen) atoms. The molecule has 3 aromatic rings. The molecule has 2 aromatic heterocycles. The van der Waals surface area contributed by atoms with Gasteiger partial charge in [-0.3, -0.25) is 4.72 Å². The number of benzene rings is 1. The second-order valence-corrected chi connectivity index (χ2v) is 7.89. The van der Waals surface area contributed by atoms with E-state index in [0.29, 0.717) is 21.2 Å². The van der Waals surface area contributed by atoms with Gasteiger partial charge in [0.25, 0.3) is 10.0 Å². The molecule has 3 rings (SSSR count). The molecule has 0 radical (unpaired) electrons. The Labute approximate surface area is 136 Å². The molecule has 0 aliphatic rings. The lowest BCUT2D eigenvalue weighted by Gasteiger charge is -2.07. The second-order valence-electron chi connectivity index (χ2n) is 4.98. The third kappa shape index (κ3) is 3.27. The van der Waals surface area contributed by atoms with E-state index in [1.807, 2.05) is 0 Å². The van der Waals surface area contributed by atoms with Gasteiger partial charge in [0, 0.05) is 10.9 Å². The van der Waals surface area contributed by atoms with E-state index in [1.54, 1.807) is 19.9 Å². The van der Waals surface area contributed by atoms with Crippen LogP contribution in [0.3, 0.4) is 0 Å². The summed E-state index contributed by atoms with van der Waals surface area (Å²) in [4.78, 5) is 1.41. The summed E-state index contributed by atoms with van der Waals surface area (Å²) in [6.45, 7) is 3.49. The van der Waals surface area contributed by atoms with Crippen LogP contribution in [0.1, 0.15) is 10.6 Å². The number of aryl methyl sites for hydroxylation is 2. The molecule has 2 heterocycles. The topological polar surface area (TPSA) is 72.2 Å². The van der Waals surface area contributed by atoms with Crippen molar-refractivity contribution in [3.05, 3.63) is 52.8 Å². The predicted molar refractivity (Wildman–Crippen MR) is 86.5 cm³/mol. The lowest BCUT2D eigenvalue weighted by atomic mass is 10.3. The molecule has 120 valence electrons. The summed E-state index contributed by atoms with van der Waals surface area (Å²) in [5, 5.41) is 3.80. The van der Waals surface area contributed by atoms with Crippen LogP contribution in [0.25, 0.3) is 10.6 Å². The Bertz CT molecular complexity index is 961. The van der Waals surface area contributed by atoms with Gasteiger partial charge in [-0.15, -0.1) is 11.3 Å². The zero-order valence-corrected chi connectivity index (χ0v) is 14.0. The zero-order valence-electron chi connectivity index (χ0n) is 12.3. The van der Waals surface area contributed by atoms with Crippen molar-refractivity contribution in [1.29, 1.82) is 0 Å². The van der Waals surface area contributed by atoms with Gasteiger partial charge in [0.15, 0.2) is 5.76 Å². The molecule has 8 heteroatoms. The minimum atomic E-state index is -3.81. The van der Waals surface area contributed by atoms with Gasteiger partial charge in [0.2, 0.25) is 0 Å². The molecule has 0 amide bonds. The molecule has 1 N–H and O–H groups in total. The largest absolute Gasteiger partial charge is 0.355 e. The van der Waals surface area contributed by atoms with Crippen LogP contribution >= 0.6 is 11.3 Å². The van der Waals surface area contributed by atoms with E-state index in [4.69, 9.17) is 4.52 Å². The van der Waals surface area contributed by atoms with Gasteiger partial charge in [-0.25, -0.2) is 12.8 Å². The number of aromatic nitrogens is 1. The van der Waals surface area contributed by atoms with Crippen LogP contribution in [0, 0.1) is 19.7 Å². The van der Waals surface area contributed by atoms with Gasteiger partial charge in [-0.2, -0.15) is 0 Å². The monoisotopic (exact) mass is 352 g/mol. The molecule has 0 atom stereocenters. The highest BCUT2D eigenvalue weighted by molar-refractivity contribution is 7.93. The van der Waals surface area contributed by atoms with Crippen molar-refractivity contribution in [2.75, 3.05) is 4.72 Å².